The van der Waals surface area contributed by atoms with Crippen LogP contribution in [0.15, 0.2) is 55.1 Å². The number of ether oxygens (including phenoxy) is 2. The molecule has 0 radical (unpaired) electrons. The van der Waals surface area contributed by atoms with Gasteiger partial charge >= 0.3 is 0 Å². The second kappa shape index (κ2) is 12.4. The number of imidazole rings is 1. The van der Waals surface area contributed by atoms with Crippen LogP contribution in [0.5, 0.6) is 5.75 Å². The van der Waals surface area contributed by atoms with Crippen molar-refractivity contribution in [1.29, 1.82) is 0 Å². The normalized spacial score (nSPS) is 11.2. The monoisotopic (exact) mass is 519 g/mol. The maximum atomic E-state index is 8.36. The van der Waals surface area contributed by atoms with E-state index < -0.39 is 5.09 Å². The molecule has 8 nitrogen and oxygen atoms in total. The van der Waals surface area contributed by atoms with E-state index in [4.69, 9.17) is 71.2 Å². The molecule has 0 fully saturated rings. The average molecular weight is 521 g/mol. The van der Waals surface area contributed by atoms with Crippen molar-refractivity contribution >= 4 is 57.9 Å². The van der Waals surface area contributed by atoms with Crippen LogP contribution in [0, 0.1) is 10.1 Å². The highest BCUT2D eigenvalue weighted by atomic mass is 35.5. The summed E-state index contributed by atoms with van der Waals surface area (Å²) in [7, 11) is 0. The van der Waals surface area contributed by atoms with E-state index in [1.807, 2.05) is 23.8 Å². The first-order valence-corrected chi connectivity index (χ1v) is 10.4. The number of nitrogens with zero attached hydrogens (tertiary/aromatic N) is 3. The Labute approximate surface area is 203 Å². The van der Waals surface area contributed by atoms with Crippen molar-refractivity contribution in [3.63, 3.8) is 0 Å². The van der Waals surface area contributed by atoms with Gasteiger partial charge in [-0.1, -0.05) is 46.4 Å². The molecule has 3 rings (SSSR count). The Kier molecular flexibility index (Phi) is 9.93. The molecule has 3 aromatic rings. The van der Waals surface area contributed by atoms with Crippen LogP contribution in [0.1, 0.15) is 12.5 Å². The van der Waals surface area contributed by atoms with E-state index in [-0.39, 0.29) is 13.2 Å². The summed E-state index contributed by atoms with van der Waals surface area (Å²) in [5.74, 6) is 1.14. The summed E-state index contributed by atoms with van der Waals surface area (Å²) in [6, 6.07) is 10.3. The Hall–Kier alpha value is -2.65. The summed E-state index contributed by atoms with van der Waals surface area (Å²) in [6.07, 6.45) is 5.20. The van der Waals surface area contributed by atoms with E-state index in [1.165, 1.54) is 0 Å². The van der Waals surface area contributed by atoms with Crippen molar-refractivity contribution in [3.8, 4) is 5.75 Å². The maximum Gasteiger partial charge on any atom is 0.291 e. The standard InChI is InChI=1S/C20H16Cl4N2O2.HNO3/c1-13(26-7-6-25-12-26)20(16-4-2-14(21)10-17(16)23)28-9-8-27-19-5-3-15(22)11-18(19)24;2-1(3)4/h2-7,10-12H,8-9H2,1H3;(H,2,3,4)/b20-13+;. The summed E-state index contributed by atoms with van der Waals surface area (Å²) in [5.41, 5.74) is 1.55. The van der Waals surface area contributed by atoms with Crippen LogP contribution in [0.25, 0.3) is 11.5 Å². The molecule has 1 N–H and O–H groups in total. The van der Waals surface area contributed by atoms with Gasteiger partial charge in [0.1, 0.15) is 24.7 Å². The lowest BCUT2D eigenvalue weighted by atomic mass is 10.1. The Morgan fingerprint density at radius 2 is 1.72 bits per heavy atom. The minimum absolute atomic E-state index is 0.277. The van der Waals surface area contributed by atoms with Crippen LogP contribution >= 0.6 is 46.4 Å². The van der Waals surface area contributed by atoms with E-state index in [0.717, 1.165) is 11.3 Å². The van der Waals surface area contributed by atoms with Gasteiger partial charge in [0.05, 0.1) is 22.1 Å². The highest BCUT2D eigenvalue weighted by Gasteiger charge is 2.14. The van der Waals surface area contributed by atoms with E-state index >= 15 is 0 Å². The molecule has 1 heterocycles. The van der Waals surface area contributed by atoms with Crippen LogP contribution in [0.3, 0.4) is 0 Å². The molecule has 0 aliphatic rings. The highest BCUT2D eigenvalue weighted by Crippen LogP contribution is 2.31. The lowest BCUT2D eigenvalue weighted by molar-refractivity contribution is -0.742. The van der Waals surface area contributed by atoms with E-state index in [2.05, 4.69) is 4.98 Å². The lowest BCUT2D eigenvalue weighted by Gasteiger charge is -2.17. The molecule has 2 aromatic carbocycles. The fraction of sp³-hybridized carbons (Fsp3) is 0.150. The van der Waals surface area contributed by atoms with Gasteiger partial charge in [-0.3, -0.25) is 0 Å². The summed E-state index contributed by atoms with van der Waals surface area (Å²) < 4.78 is 13.6. The molecule has 170 valence electrons. The third-order valence-electron chi connectivity index (χ3n) is 3.88. The van der Waals surface area contributed by atoms with Crippen molar-refractivity contribution in [3.05, 3.63) is 90.9 Å². The van der Waals surface area contributed by atoms with Crippen molar-refractivity contribution in [2.24, 2.45) is 0 Å². The quantitative estimate of drug-likeness (QED) is 0.163. The molecule has 0 aliphatic heterocycles. The van der Waals surface area contributed by atoms with Crippen molar-refractivity contribution in [2.75, 3.05) is 13.2 Å². The molecule has 0 spiro atoms. The number of hydrogen-bond acceptors (Lipinski definition) is 5. The molecule has 0 amide bonds. The Morgan fingerprint density at radius 1 is 1.09 bits per heavy atom. The number of rotatable bonds is 7. The molecular weight excluding hydrogens is 504 g/mol. The molecule has 0 unspecified atom stereocenters. The Morgan fingerprint density at radius 3 is 2.28 bits per heavy atom. The van der Waals surface area contributed by atoms with E-state index in [1.54, 1.807) is 42.9 Å². The van der Waals surface area contributed by atoms with Crippen LogP contribution < -0.4 is 4.74 Å². The smallest absolute Gasteiger partial charge is 0.291 e. The molecule has 32 heavy (non-hydrogen) atoms. The predicted molar refractivity (Wildman–Crippen MR) is 124 cm³/mol. The largest absolute Gasteiger partial charge is 0.488 e. The number of benzene rings is 2. The fourth-order valence-electron chi connectivity index (χ4n) is 2.51. The molecule has 0 bridgehead atoms. The summed E-state index contributed by atoms with van der Waals surface area (Å²) in [4.78, 5) is 12.4. The molecule has 0 saturated heterocycles. The zero-order valence-electron chi connectivity index (χ0n) is 16.5. The Bertz CT molecular complexity index is 1090. The molecule has 0 saturated carbocycles. The molecule has 1 aromatic heterocycles. The third kappa shape index (κ3) is 7.80. The molecule has 12 heteroatoms. The topological polar surface area (TPSA) is 99.7 Å². The fourth-order valence-corrected chi connectivity index (χ4v) is 3.47. The van der Waals surface area contributed by atoms with Gasteiger partial charge in [0.25, 0.3) is 5.09 Å². The van der Waals surface area contributed by atoms with Crippen LogP contribution in [-0.2, 0) is 4.74 Å². The SMILES string of the molecule is C/C(=C(\OCCOc1ccc(Cl)cc1Cl)c1ccc(Cl)cc1Cl)n1ccnc1.O=[N+]([O-])O. The van der Waals surface area contributed by atoms with Crippen molar-refractivity contribution in [2.45, 2.75) is 6.92 Å². The Balaban J connectivity index is 0.000000837. The van der Waals surface area contributed by atoms with Crippen LogP contribution in [-0.4, -0.2) is 33.1 Å². The first-order chi connectivity index (χ1) is 15.2. The lowest BCUT2D eigenvalue weighted by Crippen LogP contribution is -2.09. The summed E-state index contributed by atoms with van der Waals surface area (Å²) in [6.45, 7) is 2.48. The second-order valence-corrected chi connectivity index (χ2v) is 7.71. The number of aromatic nitrogens is 2. The van der Waals surface area contributed by atoms with Gasteiger partial charge in [0, 0.05) is 28.0 Å². The van der Waals surface area contributed by atoms with Gasteiger partial charge in [-0.2, -0.15) is 0 Å². The van der Waals surface area contributed by atoms with E-state index in [9.17, 15) is 0 Å². The maximum absolute atomic E-state index is 8.36. The average Bonchev–Trinajstić information content (AvgIpc) is 3.24. The number of halogens is 4. The zero-order chi connectivity index (χ0) is 23.7. The highest BCUT2D eigenvalue weighted by molar-refractivity contribution is 6.36. The minimum Gasteiger partial charge on any atom is -0.488 e. The zero-order valence-corrected chi connectivity index (χ0v) is 19.6. The van der Waals surface area contributed by atoms with Crippen molar-refractivity contribution in [1.82, 2.24) is 9.55 Å². The van der Waals surface area contributed by atoms with Crippen LogP contribution in [0.4, 0.5) is 0 Å². The number of hydrogen-bond donors (Lipinski definition) is 1. The van der Waals surface area contributed by atoms with Crippen LogP contribution in [0.2, 0.25) is 20.1 Å². The first kappa shape index (κ1) is 25.6. The van der Waals surface area contributed by atoms with Gasteiger partial charge in [0.2, 0.25) is 0 Å². The summed E-state index contributed by atoms with van der Waals surface area (Å²) >= 11 is 24.4. The summed E-state index contributed by atoms with van der Waals surface area (Å²) in [5, 5.41) is 15.7. The first-order valence-electron chi connectivity index (χ1n) is 8.87. The van der Waals surface area contributed by atoms with Crippen molar-refractivity contribution < 1.29 is 19.8 Å². The minimum atomic E-state index is -1.50. The second-order valence-electron chi connectivity index (χ2n) is 6.02. The predicted octanol–water partition coefficient (Wildman–Crippen LogP) is 6.59. The van der Waals surface area contributed by atoms with Gasteiger partial charge in [0.15, 0.2) is 0 Å². The van der Waals surface area contributed by atoms with Gasteiger partial charge in [-0.15, -0.1) is 10.1 Å². The molecule has 0 aliphatic carbocycles. The van der Waals surface area contributed by atoms with Gasteiger partial charge < -0.3 is 19.2 Å². The molecule has 0 atom stereocenters. The van der Waals surface area contributed by atoms with Gasteiger partial charge in [-0.05, 0) is 43.3 Å². The molecular formula is C20H17Cl4N3O5. The number of allylic oxidation sites excluding steroid dienone is 1. The third-order valence-corrected chi connectivity index (χ3v) is 4.96. The van der Waals surface area contributed by atoms with Gasteiger partial charge in [-0.25, -0.2) is 4.98 Å². The van der Waals surface area contributed by atoms with E-state index in [0.29, 0.717) is 31.6 Å².